The minimum absolute atomic E-state index is 0.0174. The number of anilines is 1. The second kappa shape index (κ2) is 7.05. The lowest BCUT2D eigenvalue weighted by atomic mass is 10.1. The Bertz CT molecular complexity index is 1060. The van der Waals surface area contributed by atoms with Gasteiger partial charge in [-0.1, -0.05) is 6.07 Å². The fourth-order valence-corrected chi connectivity index (χ4v) is 4.14. The molecule has 0 atom stereocenters. The van der Waals surface area contributed by atoms with E-state index < -0.39 is 21.8 Å². The van der Waals surface area contributed by atoms with Gasteiger partial charge in [0.2, 0.25) is 0 Å². The zero-order valence-electron chi connectivity index (χ0n) is 14.3. The molecule has 0 fully saturated rings. The van der Waals surface area contributed by atoms with Crippen molar-refractivity contribution in [2.45, 2.75) is 9.79 Å². The van der Waals surface area contributed by atoms with Gasteiger partial charge in [-0.25, -0.2) is 8.42 Å². The average Bonchev–Trinajstić information content (AvgIpc) is 2.88. The van der Waals surface area contributed by atoms with Crippen LogP contribution in [0.25, 0.3) is 0 Å². The number of imide groups is 1. The van der Waals surface area contributed by atoms with Crippen molar-refractivity contribution in [3.63, 3.8) is 0 Å². The number of thioether (sulfide) groups is 1. The van der Waals surface area contributed by atoms with Gasteiger partial charge in [-0.2, -0.15) is 0 Å². The van der Waals surface area contributed by atoms with Crippen molar-refractivity contribution in [3.05, 3.63) is 53.6 Å². The zero-order valence-corrected chi connectivity index (χ0v) is 16.0. The van der Waals surface area contributed by atoms with Gasteiger partial charge in [0.1, 0.15) is 0 Å². The van der Waals surface area contributed by atoms with Gasteiger partial charge in [0.05, 0.1) is 16.0 Å². The molecule has 1 heterocycles. The summed E-state index contributed by atoms with van der Waals surface area (Å²) in [5.41, 5.74) is 0.427. The van der Waals surface area contributed by atoms with Crippen LogP contribution in [0.15, 0.2) is 52.3 Å². The number of hydrogen-bond acceptors (Lipinski definition) is 6. The number of nitrogens with zero attached hydrogens (tertiary/aromatic N) is 1. The average molecular weight is 405 g/mol. The Hall–Kier alpha value is -2.85. The van der Waals surface area contributed by atoms with Crippen LogP contribution in [0.4, 0.5) is 10.5 Å². The molecule has 0 saturated heterocycles. The summed E-state index contributed by atoms with van der Waals surface area (Å²) in [4.78, 5) is 36.9. The number of benzene rings is 2. The maximum Gasteiger partial charge on any atom is 0.285 e. The Labute approximate surface area is 160 Å². The molecule has 0 aromatic heterocycles. The van der Waals surface area contributed by atoms with E-state index in [2.05, 4.69) is 10.0 Å². The quantitative estimate of drug-likeness (QED) is 0.595. The van der Waals surface area contributed by atoms with Gasteiger partial charge in [-0.3, -0.25) is 24.4 Å². The smallest absolute Gasteiger partial charge is 0.285 e. The number of sulfonamides is 1. The highest BCUT2D eigenvalue weighted by atomic mass is 32.2. The zero-order chi connectivity index (χ0) is 19.8. The van der Waals surface area contributed by atoms with E-state index >= 15 is 0 Å². The summed E-state index contributed by atoms with van der Waals surface area (Å²) in [5, 5.41) is 1.92. The van der Waals surface area contributed by atoms with Crippen LogP contribution in [0, 0.1) is 0 Å². The Morgan fingerprint density at radius 2 is 1.74 bits per heavy atom. The fraction of sp³-hybridized carbons (Fsp3) is 0.118. The van der Waals surface area contributed by atoms with Crippen LogP contribution >= 0.6 is 11.8 Å². The maximum atomic E-state index is 12.6. The topological polar surface area (TPSA) is 113 Å². The first-order valence-corrected chi connectivity index (χ1v) is 9.99. The first kappa shape index (κ1) is 18.9. The second-order valence-electron chi connectivity index (χ2n) is 5.89. The predicted molar refractivity (Wildman–Crippen MR) is 100 cm³/mol. The monoisotopic (exact) mass is 405 g/mol. The Morgan fingerprint density at radius 1 is 1.04 bits per heavy atom. The van der Waals surface area contributed by atoms with Crippen molar-refractivity contribution >= 4 is 44.5 Å². The molecule has 140 valence electrons. The number of rotatable bonds is 4. The standard InChI is InChI=1S/C17H15N3O5S2/c1-20(2)17(23)26-11-5-3-4-10(8-11)19-27(24,25)12-6-7-13-14(9-12)16(22)18-15(13)21/h3-9,19H,1-2H3,(H,18,21,22). The molecule has 0 unspecified atom stereocenters. The number of amides is 3. The fourth-order valence-electron chi connectivity index (χ4n) is 2.34. The molecule has 0 bridgehead atoms. The van der Waals surface area contributed by atoms with E-state index in [-0.39, 0.29) is 26.9 Å². The molecule has 10 heteroatoms. The van der Waals surface area contributed by atoms with Gasteiger partial charge < -0.3 is 4.90 Å². The third-order valence-electron chi connectivity index (χ3n) is 3.67. The Morgan fingerprint density at radius 3 is 2.44 bits per heavy atom. The van der Waals surface area contributed by atoms with E-state index in [1.54, 1.807) is 32.3 Å². The second-order valence-corrected chi connectivity index (χ2v) is 8.59. The summed E-state index contributed by atoms with van der Waals surface area (Å²) in [7, 11) is -0.740. The van der Waals surface area contributed by atoms with Crippen molar-refractivity contribution < 1.29 is 22.8 Å². The third-order valence-corrected chi connectivity index (χ3v) is 6.08. The van der Waals surface area contributed by atoms with Gasteiger partial charge in [-0.05, 0) is 48.2 Å². The highest BCUT2D eigenvalue weighted by Crippen LogP contribution is 2.26. The van der Waals surface area contributed by atoms with Crippen LogP contribution in [0.5, 0.6) is 0 Å². The summed E-state index contributed by atoms with van der Waals surface area (Å²) < 4.78 is 27.7. The molecule has 3 amide bonds. The van der Waals surface area contributed by atoms with E-state index in [4.69, 9.17) is 0 Å². The van der Waals surface area contributed by atoms with Crippen molar-refractivity contribution in [1.29, 1.82) is 0 Å². The number of fused-ring (bicyclic) bond motifs is 1. The van der Waals surface area contributed by atoms with Gasteiger partial charge in [0, 0.05) is 24.7 Å². The van der Waals surface area contributed by atoms with Crippen LogP contribution in [-0.2, 0) is 10.0 Å². The summed E-state index contributed by atoms with van der Waals surface area (Å²) >= 11 is 0.966. The highest BCUT2D eigenvalue weighted by molar-refractivity contribution is 8.13. The van der Waals surface area contributed by atoms with E-state index in [1.807, 2.05) is 0 Å². The summed E-state index contributed by atoms with van der Waals surface area (Å²) in [6.45, 7) is 0. The van der Waals surface area contributed by atoms with E-state index in [1.165, 1.54) is 23.1 Å². The van der Waals surface area contributed by atoms with Crippen LogP contribution in [-0.4, -0.2) is 44.5 Å². The lowest BCUT2D eigenvalue weighted by molar-refractivity contribution is 0.0879. The highest BCUT2D eigenvalue weighted by Gasteiger charge is 2.28. The van der Waals surface area contributed by atoms with E-state index in [0.717, 1.165) is 17.8 Å². The molecule has 3 rings (SSSR count). The number of hydrogen-bond donors (Lipinski definition) is 2. The molecule has 8 nitrogen and oxygen atoms in total. The molecule has 27 heavy (non-hydrogen) atoms. The summed E-state index contributed by atoms with van der Waals surface area (Å²) in [6.07, 6.45) is 0. The molecule has 1 aliphatic rings. The Kier molecular flexibility index (Phi) is 4.94. The van der Waals surface area contributed by atoms with Crippen molar-refractivity contribution in [3.8, 4) is 0 Å². The normalized spacial score (nSPS) is 13.1. The first-order valence-electron chi connectivity index (χ1n) is 7.69. The predicted octanol–water partition coefficient (Wildman–Crippen LogP) is 2.14. The minimum atomic E-state index is -3.98. The minimum Gasteiger partial charge on any atom is -0.339 e. The van der Waals surface area contributed by atoms with Crippen molar-refractivity contribution in [2.75, 3.05) is 18.8 Å². The van der Waals surface area contributed by atoms with Gasteiger partial charge in [0.25, 0.3) is 27.1 Å². The lowest BCUT2D eigenvalue weighted by Crippen LogP contribution is -2.19. The van der Waals surface area contributed by atoms with Gasteiger partial charge in [0.15, 0.2) is 0 Å². The molecule has 2 aromatic carbocycles. The first-order chi connectivity index (χ1) is 12.7. The van der Waals surface area contributed by atoms with Gasteiger partial charge >= 0.3 is 0 Å². The summed E-state index contributed by atoms with van der Waals surface area (Å²) in [6, 6.07) is 10.1. The number of nitrogens with one attached hydrogen (secondary N) is 2. The molecular weight excluding hydrogens is 390 g/mol. The van der Waals surface area contributed by atoms with Crippen LogP contribution in [0.3, 0.4) is 0 Å². The molecule has 0 aliphatic carbocycles. The van der Waals surface area contributed by atoms with Gasteiger partial charge in [-0.15, -0.1) is 0 Å². The number of carbonyl (C=O) groups excluding carboxylic acids is 3. The largest absolute Gasteiger partial charge is 0.339 e. The van der Waals surface area contributed by atoms with Crippen LogP contribution < -0.4 is 10.0 Å². The van der Waals surface area contributed by atoms with E-state index in [0.29, 0.717) is 4.90 Å². The molecular formula is C17H15N3O5S2. The molecule has 0 saturated carbocycles. The van der Waals surface area contributed by atoms with E-state index in [9.17, 15) is 22.8 Å². The number of carbonyl (C=O) groups is 3. The Balaban J connectivity index is 1.85. The van der Waals surface area contributed by atoms with Crippen LogP contribution in [0.2, 0.25) is 0 Å². The molecule has 0 radical (unpaired) electrons. The SMILES string of the molecule is CN(C)C(=O)Sc1cccc(NS(=O)(=O)c2ccc3c(c2)C(=O)NC3=O)c1. The van der Waals surface area contributed by atoms with Crippen molar-refractivity contribution in [2.24, 2.45) is 0 Å². The van der Waals surface area contributed by atoms with Crippen LogP contribution in [0.1, 0.15) is 20.7 Å². The molecule has 1 aliphatic heterocycles. The van der Waals surface area contributed by atoms with Crippen molar-refractivity contribution in [1.82, 2.24) is 10.2 Å². The molecule has 2 aromatic rings. The lowest BCUT2D eigenvalue weighted by Gasteiger charge is -2.11. The molecule has 2 N–H and O–H groups in total. The maximum absolute atomic E-state index is 12.6. The molecule has 0 spiro atoms. The summed E-state index contributed by atoms with van der Waals surface area (Å²) in [5.74, 6) is -1.19. The third kappa shape index (κ3) is 3.96.